The minimum Gasteiger partial charge on any atom is -0.383 e. The molecule has 4 nitrogen and oxygen atoms in total. The van der Waals surface area contributed by atoms with Crippen molar-refractivity contribution in [3.63, 3.8) is 0 Å². The molecule has 3 aromatic rings. The zero-order valence-electron chi connectivity index (χ0n) is 14.3. The van der Waals surface area contributed by atoms with Gasteiger partial charge in [-0.2, -0.15) is 0 Å². The Labute approximate surface area is 148 Å². The van der Waals surface area contributed by atoms with Gasteiger partial charge in [-0.15, -0.1) is 0 Å². The van der Waals surface area contributed by atoms with Gasteiger partial charge in [0.25, 0.3) is 0 Å². The number of hydrogen-bond acceptors (Lipinski definition) is 4. The lowest BCUT2D eigenvalue weighted by atomic mass is 9.91. The summed E-state index contributed by atoms with van der Waals surface area (Å²) in [4.78, 5) is 4.38. The first kappa shape index (κ1) is 15.9. The summed E-state index contributed by atoms with van der Waals surface area (Å²) in [7, 11) is 0. The van der Waals surface area contributed by atoms with Gasteiger partial charge in [0.2, 0.25) is 0 Å². The van der Waals surface area contributed by atoms with Crippen molar-refractivity contribution in [3.05, 3.63) is 54.7 Å². The van der Waals surface area contributed by atoms with Crippen LogP contribution in [-0.4, -0.2) is 17.1 Å². The molecule has 1 aromatic heterocycles. The summed E-state index contributed by atoms with van der Waals surface area (Å²) >= 11 is 0. The summed E-state index contributed by atoms with van der Waals surface area (Å²) in [5.41, 5.74) is 15.5. The van der Waals surface area contributed by atoms with Crippen LogP contribution in [0, 0.1) is 0 Å². The molecule has 1 fully saturated rings. The van der Waals surface area contributed by atoms with E-state index in [2.05, 4.69) is 40.6 Å². The van der Waals surface area contributed by atoms with E-state index in [0.717, 1.165) is 53.3 Å². The number of fused-ring (bicyclic) bond motifs is 1. The fourth-order valence-electron chi connectivity index (χ4n) is 3.70. The lowest BCUT2D eigenvalue weighted by Gasteiger charge is -2.27. The number of rotatable bonds is 3. The minimum atomic E-state index is 0.366. The molecule has 0 unspecified atom stereocenters. The lowest BCUT2D eigenvalue weighted by molar-refractivity contribution is 0.411. The minimum absolute atomic E-state index is 0.366. The Morgan fingerprint density at radius 2 is 1.68 bits per heavy atom. The molecule has 0 atom stereocenters. The van der Waals surface area contributed by atoms with Gasteiger partial charge in [-0.3, -0.25) is 0 Å². The van der Waals surface area contributed by atoms with Crippen LogP contribution in [0.5, 0.6) is 0 Å². The van der Waals surface area contributed by atoms with Gasteiger partial charge in [0.1, 0.15) is 5.82 Å². The number of nitrogen functional groups attached to an aromatic ring is 1. The maximum Gasteiger partial charge on any atom is 0.131 e. The van der Waals surface area contributed by atoms with Crippen LogP contribution in [0.2, 0.25) is 0 Å². The van der Waals surface area contributed by atoms with E-state index in [-0.39, 0.29) is 0 Å². The van der Waals surface area contributed by atoms with Gasteiger partial charge in [-0.25, -0.2) is 4.98 Å². The summed E-state index contributed by atoms with van der Waals surface area (Å²) in [6, 6.07) is 17.6. The van der Waals surface area contributed by atoms with Crippen molar-refractivity contribution < 1.29 is 0 Å². The van der Waals surface area contributed by atoms with Gasteiger partial charge in [0, 0.05) is 34.9 Å². The second-order valence-electron chi connectivity index (χ2n) is 6.94. The SMILES string of the molecule is Nc1ncc(-c2ccccc2)c2cc(NC3CCC(N)CC3)ccc12. The first-order valence-corrected chi connectivity index (χ1v) is 8.96. The summed E-state index contributed by atoms with van der Waals surface area (Å²) in [6.45, 7) is 0. The molecular formula is C21H24N4. The van der Waals surface area contributed by atoms with Crippen molar-refractivity contribution in [1.29, 1.82) is 0 Å². The Bertz CT molecular complexity index is 868. The van der Waals surface area contributed by atoms with E-state index in [0.29, 0.717) is 17.9 Å². The molecular weight excluding hydrogens is 308 g/mol. The van der Waals surface area contributed by atoms with E-state index in [9.17, 15) is 0 Å². The number of anilines is 2. The molecule has 1 aliphatic rings. The molecule has 4 heteroatoms. The van der Waals surface area contributed by atoms with Crippen molar-refractivity contribution in [3.8, 4) is 11.1 Å². The highest BCUT2D eigenvalue weighted by molar-refractivity contribution is 6.02. The van der Waals surface area contributed by atoms with Crippen molar-refractivity contribution in [2.75, 3.05) is 11.1 Å². The molecule has 0 spiro atoms. The highest BCUT2D eigenvalue weighted by Gasteiger charge is 2.18. The standard InChI is InChI=1S/C21H24N4/c22-15-6-8-16(9-7-15)25-17-10-11-18-19(12-17)20(13-24-21(18)23)14-4-2-1-3-5-14/h1-5,10-13,15-16,25H,6-9,22H2,(H2,23,24). The first-order valence-electron chi connectivity index (χ1n) is 8.96. The van der Waals surface area contributed by atoms with Gasteiger partial charge in [-0.1, -0.05) is 30.3 Å². The molecule has 0 amide bonds. The van der Waals surface area contributed by atoms with E-state index in [1.807, 2.05) is 24.4 Å². The number of nitrogens with one attached hydrogen (secondary N) is 1. The Morgan fingerprint density at radius 3 is 2.44 bits per heavy atom. The van der Waals surface area contributed by atoms with Crippen LogP contribution in [0.1, 0.15) is 25.7 Å². The Kier molecular flexibility index (Phi) is 4.28. The number of aromatic nitrogens is 1. The summed E-state index contributed by atoms with van der Waals surface area (Å²) in [5.74, 6) is 0.574. The normalized spacial score (nSPS) is 20.5. The molecule has 25 heavy (non-hydrogen) atoms. The number of nitrogens with two attached hydrogens (primary N) is 2. The van der Waals surface area contributed by atoms with Gasteiger partial charge >= 0.3 is 0 Å². The highest BCUT2D eigenvalue weighted by atomic mass is 14.9. The molecule has 5 N–H and O–H groups in total. The Hall–Kier alpha value is -2.59. The van der Waals surface area contributed by atoms with Crippen LogP contribution in [-0.2, 0) is 0 Å². The van der Waals surface area contributed by atoms with E-state index in [1.165, 1.54) is 0 Å². The molecule has 1 heterocycles. The molecule has 0 aliphatic heterocycles. The van der Waals surface area contributed by atoms with E-state index >= 15 is 0 Å². The predicted octanol–water partition coefficient (Wildman–Crippen LogP) is 4.17. The zero-order valence-corrected chi connectivity index (χ0v) is 14.3. The fourth-order valence-corrected chi connectivity index (χ4v) is 3.70. The van der Waals surface area contributed by atoms with Crippen molar-refractivity contribution >= 4 is 22.3 Å². The molecule has 1 saturated carbocycles. The van der Waals surface area contributed by atoms with Crippen LogP contribution in [0.15, 0.2) is 54.7 Å². The van der Waals surface area contributed by atoms with E-state index < -0.39 is 0 Å². The predicted molar refractivity (Wildman–Crippen MR) is 105 cm³/mol. The van der Waals surface area contributed by atoms with E-state index in [1.54, 1.807) is 0 Å². The fraction of sp³-hybridized carbons (Fsp3) is 0.286. The monoisotopic (exact) mass is 332 g/mol. The van der Waals surface area contributed by atoms with Crippen molar-refractivity contribution in [2.45, 2.75) is 37.8 Å². The third kappa shape index (κ3) is 3.30. The van der Waals surface area contributed by atoms with Crippen LogP contribution in [0.4, 0.5) is 11.5 Å². The van der Waals surface area contributed by atoms with Gasteiger partial charge < -0.3 is 16.8 Å². The Balaban J connectivity index is 1.71. The Morgan fingerprint density at radius 1 is 0.920 bits per heavy atom. The van der Waals surface area contributed by atoms with Gasteiger partial charge in [0.15, 0.2) is 0 Å². The topological polar surface area (TPSA) is 77.0 Å². The first-order chi connectivity index (χ1) is 12.2. The summed E-state index contributed by atoms with van der Waals surface area (Å²) in [6.07, 6.45) is 6.32. The average molecular weight is 332 g/mol. The molecule has 1 aliphatic carbocycles. The van der Waals surface area contributed by atoms with Crippen LogP contribution in [0.3, 0.4) is 0 Å². The van der Waals surface area contributed by atoms with Crippen molar-refractivity contribution in [2.24, 2.45) is 5.73 Å². The van der Waals surface area contributed by atoms with Crippen LogP contribution >= 0.6 is 0 Å². The molecule has 2 aromatic carbocycles. The largest absolute Gasteiger partial charge is 0.383 e. The van der Waals surface area contributed by atoms with Gasteiger partial charge in [-0.05, 0) is 54.8 Å². The maximum atomic E-state index is 6.11. The zero-order chi connectivity index (χ0) is 17.2. The quantitative estimate of drug-likeness (QED) is 0.673. The number of pyridine rings is 1. The molecule has 0 radical (unpaired) electrons. The molecule has 128 valence electrons. The molecule has 0 bridgehead atoms. The van der Waals surface area contributed by atoms with E-state index in [4.69, 9.17) is 11.5 Å². The second-order valence-corrected chi connectivity index (χ2v) is 6.94. The number of hydrogen-bond donors (Lipinski definition) is 3. The van der Waals surface area contributed by atoms with Gasteiger partial charge in [0.05, 0.1) is 0 Å². The summed E-state index contributed by atoms with van der Waals surface area (Å²) in [5, 5.41) is 5.81. The second kappa shape index (κ2) is 6.73. The van der Waals surface area contributed by atoms with Crippen LogP contribution < -0.4 is 16.8 Å². The average Bonchev–Trinajstić information content (AvgIpc) is 2.65. The summed E-state index contributed by atoms with van der Waals surface area (Å²) < 4.78 is 0. The van der Waals surface area contributed by atoms with Crippen molar-refractivity contribution in [1.82, 2.24) is 4.98 Å². The lowest BCUT2D eigenvalue weighted by Crippen LogP contribution is -2.32. The van der Waals surface area contributed by atoms with Crippen LogP contribution in [0.25, 0.3) is 21.9 Å². The maximum absolute atomic E-state index is 6.11. The number of nitrogens with zero attached hydrogens (tertiary/aromatic N) is 1. The molecule has 4 rings (SSSR count). The molecule has 0 saturated heterocycles. The highest BCUT2D eigenvalue weighted by Crippen LogP contribution is 2.33. The number of benzene rings is 2. The third-order valence-electron chi connectivity index (χ3n) is 5.15. The smallest absolute Gasteiger partial charge is 0.131 e. The third-order valence-corrected chi connectivity index (χ3v) is 5.15.